The van der Waals surface area contributed by atoms with Crippen LogP contribution in [0.4, 0.5) is 16.3 Å². The SMILES string of the molecule is CCC(C)(C)OC(=O)N1CCN(c2ccc(NOC)cn2)CC1. The fraction of sp³-hybridized carbons (Fsp3) is 0.625. The summed E-state index contributed by atoms with van der Waals surface area (Å²) in [4.78, 5) is 25.3. The van der Waals surface area contributed by atoms with E-state index in [1.165, 1.54) is 0 Å². The summed E-state index contributed by atoms with van der Waals surface area (Å²) in [5.74, 6) is 0.897. The number of anilines is 2. The molecule has 0 spiro atoms. The molecule has 0 saturated carbocycles. The van der Waals surface area contributed by atoms with Crippen LogP contribution >= 0.6 is 0 Å². The van der Waals surface area contributed by atoms with Gasteiger partial charge in [0.15, 0.2) is 0 Å². The number of carbonyl (C=O) groups is 1. The van der Waals surface area contributed by atoms with E-state index in [1.54, 1.807) is 18.2 Å². The number of piperazine rings is 1. The van der Waals surface area contributed by atoms with Crippen molar-refractivity contribution in [2.75, 3.05) is 43.7 Å². The molecule has 0 aliphatic carbocycles. The van der Waals surface area contributed by atoms with Gasteiger partial charge in [-0.25, -0.2) is 9.78 Å². The first-order valence-electron chi connectivity index (χ1n) is 7.93. The quantitative estimate of drug-likeness (QED) is 0.840. The summed E-state index contributed by atoms with van der Waals surface area (Å²) in [6.07, 6.45) is 2.29. The predicted octanol–water partition coefficient (Wildman–Crippen LogP) is 2.50. The molecule has 0 aromatic carbocycles. The summed E-state index contributed by atoms with van der Waals surface area (Å²) in [5, 5.41) is 0. The van der Waals surface area contributed by atoms with Crippen LogP contribution in [-0.4, -0.2) is 54.9 Å². The summed E-state index contributed by atoms with van der Waals surface area (Å²) in [6, 6.07) is 3.85. The van der Waals surface area contributed by atoms with Crippen LogP contribution < -0.4 is 10.4 Å². The third kappa shape index (κ3) is 4.72. The Labute approximate surface area is 137 Å². The van der Waals surface area contributed by atoms with E-state index in [4.69, 9.17) is 9.57 Å². The molecule has 0 radical (unpaired) electrons. The molecule has 1 fully saturated rings. The molecule has 0 unspecified atom stereocenters. The molecule has 1 aliphatic heterocycles. The summed E-state index contributed by atoms with van der Waals surface area (Å²) in [7, 11) is 1.56. The first kappa shape index (κ1) is 17.3. The number of amides is 1. The van der Waals surface area contributed by atoms with Crippen molar-refractivity contribution in [1.29, 1.82) is 0 Å². The highest BCUT2D eigenvalue weighted by Gasteiger charge is 2.27. The van der Waals surface area contributed by atoms with Crippen LogP contribution in [0.3, 0.4) is 0 Å². The lowest BCUT2D eigenvalue weighted by atomic mass is 10.1. The van der Waals surface area contributed by atoms with Crippen molar-refractivity contribution in [1.82, 2.24) is 9.88 Å². The number of nitrogens with one attached hydrogen (secondary N) is 1. The van der Waals surface area contributed by atoms with Crippen molar-refractivity contribution >= 4 is 17.6 Å². The van der Waals surface area contributed by atoms with Crippen LogP contribution in [-0.2, 0) is 9.57 Å². The van der Waals surface area contributed by atoms with Crippen LogP contribution in [0, 0.1) is 0 Å². The normalized spacial score (nSPS) is 15.5. The molecule has 1 aromatic rings. The van der Waals surface area contributed by atoms with Gasteiger partial charge < -0.3 is 14.5 Å². The first-order chi connectivity index (χ1) is 10.9. The number of carbonyl (C=O) groups excluding carboxylic acids is 1. The highest BCUT2D eigenvalue weighted by molar-refractivity contribution is 5.68. The van der Waals surface area contributed by atoms with Gasteiger partial charge in [-0.3, -0.25) is 10.3 Å². The van der Waals surface area contributed by atoms with Crippen molar-refractivity contribution in [2.45, 2.75) is 32.8 Å². The van der Waals surface area contributed by atoms with Gasteiger partial charge >= 0.3 is 6.09 Å². The zero-order valence-corrected chi connectivity index (χ0v) is 14.3. The molecule has 23 heavy (non-hydrogen) atoms. The van der Waals surface area contributed by atoms with E-state index in [1.807, 2.05) is 32.9 Å². The molecule has 0 bridgehead atoms. The van der Waals surface area contributed by atoms with Gasteiger partial charge in [-0.1, -0.05) is 6.92 Å². The van der Waals surface area contributed by atoms with Gasteiger partial charge in [0.2, 0.25) is 0 Å². The summed E-state index contributed by atoms with van der Waals surface area (Å²) in [5.41, 5.74) is 3.13. The zero-order chi connectivity index (χ0) is 16.9. The van der Waals surface area contributed by atoms with Crippen LogP contribution in [0.1, 0.15) is 27.2 Å². The Balaban J connectivity index is 1.87. The van der Waals surface area contributed by atoms with Gasteiger partial charge in [-0.15, -0.1) is 0 Å². The first-order valence-corrected chi connectivity index (χ1v) is 7.93. The van der Waals surface area contributed by atoms with E-state index in [0.717, 1.165) is 31.0 Å². The van der Waals surface area contributed by atoms with Crippen molar-refractivity contribution in [3.8, 4) is 0 Å². The molecule has 1 aromatic heterocycles. The molecule has 0 atom stereocenters. The lowest BCUT2D eigenvalue weighted by Crippen LogP contribution is -2.50. The minimum Gasteiger partial charge on any atom is -0.443 e. The second-order valence-corrected chi connectivity index (χ2v) is 6.17. The molecular weight excluding hydrogens is 296 g/mol. The van der Waals surface area contributed by atoms with Crippen LogP contribution in [0.5, 0.6) is 0 Å². The van der Waals surface area contributed by atoms with E-state index in [2.05, 4.69) is 15.4 Å². The number of hydrogen-bond donors (Lipinski definition) is 1. The highest BCUT2D eigenvalue weighted by Crippen LogP contribution is 2.19. The summed E-state index contributed by atoms with van der Waals surface area (Å²) < 4.78 is 5.54. The Morgan fingerprint density at radius 3 is 2.52 bits per heavy atom. The van der Waals surface area contributed by atoms with Crippen molar-refractivity contribution in [2.24, 2.45) is 0 Å². The minimum atomic E-state index is -0.417. The van der Waals surface area contributed by atoms with E-state index >= 15 is 0 Å². The molecule has 7 heteroatoms. The second-order valence-electron chi connectivity index (χ2n) is 6.17. The molecule has 2 rings (SSSR count). The van der Waals surface area contributed by atoms with Gasteiger partial charge in [-0.2, -0.15) is 0 Å². The number of ether oxygens (including phenoxy) is 1. The molecule has 1 N–H and O–H groups in total. The Morgan fingerprint density at radius 1 is 1.30 bits per heavy atom. The number of aromatic nitrogens is 1. The highest BCUT2D eigenvalue weighted by atomic mass is 16.6. The van der Waals surface area contributed by atoms with E-state index in [-0.39, 0.29) is 6.09 Å². The number of pyridine rings is 1. The van der Waals surface area contributed by atoms with Crippen molar-refractivity contribution < 1.29 is 14.4 Å². The number of hydrogen-bond acceptors (Lipinski definition) is 6. The maximum atomic E-state index is 12.2. The van der Waals surface area contributed by atoms with Crippen LogP contribution in [0.15, 0.2) is 18.3 Å². The van der Waals surface area contributed by atoms with E-state index in [9.17, 15) is 4.79 Å². The maximum absolute atomic E-state index is 12.2. The predicted molar refractivity (Wildman–Crippen MR) is 89.5 cm³/mol. The van der Waals surface area contributed by atoms with E-state index < -0.39 is 5.60 Å². The lowest BCUT2D eigenvalue weighted by molar-refractivity contribution is 0.0106. The third-order valence-corrected chi connectivity index (χ3v) is 4.04. The minimum absolute atomic E-state index is 0.232. The topological polar surface area (TPSA) is 66.9 Å². The average Bonchev–Trinajstić information content (AvgIpc) is 2.56. The Kier molecular flexibility index (Phi) is 5.65. The molecule has 1 aliphatic rings. The Bertz CT molecular complexity index is 511. The smallest absolute Gasteiger partial charge is 0.410 e. The average molecular weight is 322 g/mol. The van der Waals surface area contributed by atoms with Gasteiger partial charge in [0.05, 0.1) is 19.0 Å². The second kappa shape index (κ2) is 7.50. The summed E-state index contributed by atoms with van der Waals surface area (Å²) >= 11 is 0. The van der Waals surface area contributed by atoms with Crippen molar-refractivity contribution in [3.63, 3.8) is 0 Å². The van der Waals surface area contributed by atoms with E-state index in [0.29, 0.717) is 13.1 Å². The Hall–Kier alpha value is -2.02. The van der Waals surface area contributed by atoms with Gasteiger partial charge in [0.25, 0.3) is 0 Å². The molecule has 128 valence electrons. The number of nitrogens with zero attached hydrogens (tertiary/aromatic N) is 3. The summed E-state index contributed by atoms with van der Waals surface area (Å²) in [6.45, 7) is 8.63. The van der Waals surface area contributed by atoms with Crippen molar-refractivity contribution in [3.05, 3.63) is 18.3 Å². The van der Waals surface area contributed by atoms with Gasteiger partial charge in [-0.05, 0) is 32.4 Å². The molecule has 1 saturated heterocycles. The molecule has 1 amide bonds. The standard InChI is InChI=1S/C16H26N4O3/c1-5-16(2,3)23-15(21)20-10-8-19(9-11-20)14-7-6-13(12-17-14)18-22-4/h6-7,12,18H,5,8-11H2,1-4H3. The zero-order valence-electron chi connectivity index (χ0n) is 14.3. The van der Waals surface area contributed by atoms with Gasteiger partial charge in [0.1, 0.15) is 11.4 Å². The molecule has 2 heterocycles. The third-order valence-electron chi connectivity index (χ3n) is 4.04. The van der Waals surface area contributed by atoms with Crippen LogP contribution in [0.2, 0.25) is 0 Å². The monoisotopic (exact) mass is 322 g/mol. The maximum Gasteiger partial charge on any atom is 0.410 e. The fourth-order valence-electron chi connectivity index (χ4n) is 2.24. The lowest BCUT2D eigenvalue weighted by Gasteiger charge is -2.36. The molecular formula is C16H26N4O3. The fourth-order valence-corrected chi connectivity index (χ4v) is 2.24. The van der Waals surface area contributed by atoms with Crippen LogP contribution in [0.25, 0.3) is 0 Å². The molecule has 7 nitrogen and oxygen atoms in total. The largest absolute Gasteiger partial charge is 0.443 e. The number of rotatable bonds is 5. The Morgan fingerprint density at radius 2 is 2.00 bits per heavy atom. The van der Waals surface area contributed by atoms with Gasteiger partial charge in [0, 0.05) is 26.2 Å².